The molecule has 0 unspecified atom stereocenters. The van der Waals surface area contributed by atoms with E-state index in [0.29, 0.717) is 30.4 Å². The van der Waals surface area contributed by atoms with E-state index in [1.807, 2.05) is 37.3 Å². The topological polar surface area (TPSA) is 80.0 Å². The number of rotatable bonds is 10. The molecule has 1 fully saturated rings. The number of aliphatic hydroxyl groups is 1. The predicted molar refractivity (Wildman–Crippen MR) is 122 cm³/mol. The third kappa shape index (κ3) is 5.11. The quantitative estimate of drug-likeness (QED) is 0.474. The first kappa shape index (κ1) is 21.5. The summed E-state index contributed by atoms with van der Waals surface area (Å²) in [5.41, 5.74) is 2.37. The monoisotopic (exact) mass is 425 g/mol. The minimum Gasteiger partial charge on any atom is -0.493 e. The van der Waals surface area contributed by atoms with Gasteiger partial charge in [0.2, 0.25) is 0 Å². The van der Waals surface area contributed by atoms with Crippen LogP contribution in [0.5, 0.6) is 11.5 Å². The van der Waals surface area contributed by atoms with Crippen LogP contribution >= 0.6 is 0 Å². The summed E-state index contributed by atoms with van der Waals surface area (Å²) >= 11 is 0. The van der Waals surface area contributed by atoms with Gasteiger partial charge in [0.05, 0.1) is 25.8 Å². The number of fused-ring (bicyclic) bond motifs is 1. The number of aliphatic hydroxyl groups excluding tert-OH is 1. The molecule has 1 aliphatic rings. The molecule has 3 heterocycles. The van der Waals surface area contributed by atoms with E-state index in [0.717, 1.165) is 41.0 Å². The first-order valence-corrected chi connectivity index (χ1v) is 11.0. The van der Waals surface area contributed by atoms with Gasteiger partial charge < -0.3 is 29.2 Å². The summed E-state index contributed by atoms with van der Waals surface area (Å²) < 4.78 is 17.5. The molecule has 31 heavy (non-hydrogen) atoms. The van der Waals surface area contributed by atoms with E-state index in [2.05, 4.69) is 10.2 Å². The fourth-order valence-corrected chi connectivity index (χ4v) is 4.02. The second-order valence-corrected chi connectivity index (χ2v) is 7.89. The van der Waals surface area contributed by atoms with Crippen LogP contribution in [0.4, 0.5) is 5.69 Å². The van der Waals surface area contributed by atoms with Gasteiger partial charge in [0.25, 0.3) is 0 Å². The normalized spacial score (nSPS) is 14.3. The average molecular weight is 426 g/mol. The third-order valence-electron chi connectivity index (χ3n) is 5.59. The highest BCUT2D eigenvalue weighted by atomic mass is 16.5. The highest BCUT2D eigenvalue weighted by molar-refractivity contribution is 5.95. The molecule has 0 amide bonds. The van der Waals surface area contributed by atoms with Crippen molar-refractivity contribution in [1.29, 1.82) is 0 Å². The SMILES string of the molecule is COc1cc2c(NCCO)cc(-c3ccc(C)o3)nc2cc1OCCCN1CCCC1. The van der Waals surface area contributed by atoms with Crippen molar-refractivity contribution in [3.05, 3.63) is 36.1 Å². The number of ether oxygens (including phenoxy) is 2. The summed E-state index contributed by atoms with van der Waals surface area (Å²) in [6.45, 7) is 6.47. The smallest absolute Gasteiger partial charge is 0.163 e. The molecule has 2 N–H and O–H groups in total. The van der Waals surface area contributed by atoms with Gasteiger partial charge in [-0.2, -0.15) is 0 Å². The number of nitrogens with one attached hydrogen (secondary N) is 1. The van der Waals surface area contributed by atoms with E-state index in [1.165, 1.54) is 25.9 Å². The number of benzene rings is 1. The van der Waals surface area contributed by atoms with Crippen LogP contribution in [-0.2, 0) is 0 Å². The Hall–Kier alpha value is -2.77. The van der Waals surface area contributed by atoms with Gasteiger partial charge in [-0.3, -0.25) is 0 Å². The third-order valence-corrected chi connectivity index (χ3v) is 5.59. The van der Waals surface area contributed by atoms with Gasteiger partial charge in [-0.05, 0) is 63.5 Å². The summed E-state index contributed by atoms with van der Waals surface area (Å²) in [5.74, 6) is 2.89. The lowest BCUT2D eigenvalue weighted by atomic mass is 10.1. The summed E-state index contributed by atoms with van der Waals surface area (Å²) in [6, 6.07) is 9.64. The number of aromatic nitrogens is 1. The minimum atomic E-state index is 0.0361. The fourth-order valence-electron chi connectivity index (χ4n) is 4.02. The first-order valence-electron chi connectivity index (χ1n) is 11.0. The minimum absolute atomic E-state index is 0.0361. The van der Waals surface area contributed by atoms with Crippen molar-refractivity contribution in [1.82, 2.24) is 9.88 Å². The highest BCUT2D eigenvalue weighted by Crippen LogP contribution is 2.37. The van der Waals surface area contributed by atoms with Crippen molar-refractivity contribution in [2.75, 3.05) is 51.8 Å². The number of methoxy groups -OCH3 is 1. The molecule has 0 aliphatic carbocycles. The number of likely N-dealkylation sites (tertiary alicyclic amines) is 1. The molecule has 166 valence electrons. The number of aryl methyl sites for hydroxylation is 1. The Balaban J connectivity index is 1.61. The van der Waals surface area contributed by atoms with Crippen LogP contribution in [0, 0.1) is 6.92 Å². The largest absolute Gasteiger partial charge is 0.493 e. The molecule has 0 bridgehead atoms. The number of hydrogen-bond donors (Lipinski definition) is 2. The standard InChI is InChI=1S/C24H31N3O4/c1-17-6-7-22(31-17)21-15-19(25-8-12-28)18-14-23(29-2)24(16-20(18)26-21)30-13-5-11-27-9-3-4-10-27/h6-7,14-16,28H,3-5,8-13H2,1-2H3,(H,25,26). The van der Waals surface area contributed by atoms with Crippen LogP contribution in [0.25, 0.3) is 22.4 Å². The molecule has 0 saturated carbocycles. The molecular weight excluding hydrogens is 394 g/mol. The Labute approximate surface area is 183 Å². The number of furan rings is 1. The van der Waals surface area contributed by atoms with E-state index in [4.69, 9.17) is 18.9 Å². The van der Waals surface area contributed by atoms with Crippen molar-refractivity contribution in [2.45, 2.75) is 26.2 Å². The first-order chi connectivity index (χ1) is 15.2. The Morgan fingerprint density at radius 1 is 1.16 bits per heavy atom. The van der Waals surface area contributed by atoms with Crippen molar-refractivity contribution in [3.8, 4) is 23.0 Å². The lowest BCUT2D eigenvalue weighted by molar-refractivity contribution is 0.254. The zero-order valence-corrected chi connectivity index (χ0v) is 18.3. The van der Waals surface area contributed by atoms with E-state index in [1.54, 1.807) is 7.11 Å². The molecule has 7 heteroatoms. The van der Waals surface area contributed by atoms with Crippen LogP contribution in [0.3, 0.4) is 0 Å². The Bertz CT molecular complexity index is 1010. The fraction of sp³-hybridized carbons (Fsp3) is 0.458. The molecule has 0 spiro atoms. The van der Waals surface area contributed by atoms with Crippen molar-refractivity contribution >= 4 is 16.6 Å². The number of hydrogen-bond acceptors (Lipinski definition) is 7. The van der Waals surface area contributed by atoms with Crippen LogP contribution < -0.4 is 14.8 Å². The zero-order valence-electron chi connectivity index (χ0n) is 18.3. The van der Waals surface area contributed by atoms with Gasteiger partial charge in [-0.1, -0.05) is 0 Å². The summed E-state index contributed by atoms with van der Waals surface area (Å²) in [5, 5.41) is 13.5. The number of anilines is 1. The molecular formula is C24H31N3O4. The van der Waals surface area contributed by atoms with Gasteiger partial charge in [0.1, 0.15) is 11.5 Å². The molecule has 1 aromatic carbocycles. The molecule has 2 aromatic heterocycles. The summed E-state index contributed by atoms with van der Waals surface area (Å²) in [7, 11) is 1.65. The van der Waals surface area contributed by atoms with Crippen LogP contribution in [0.2, 0.25) is 0 Å². The maximum Gasteiger partial charge on any atom is 0.163 e. The van der Waals surface area contributed by atoms with Gasteiger partial charge in [-0.25, -0.2) is 4.98 Å². The molecule has 1 saturated heterocycles. The van der Waals surface area contributed by atoms with Crippen LogP contribution in [0.1, 0.15) is 25.0 Å². The van der Waals surface area contributed by atoms with Gasteiger partial charge in [0.15, 0.2) is 17.3 Å². The highest BCUT2D eigenvalue weighted by Gasteiger charge is 2.15. The van der Waals surface area contributed by atoms with E-state index in [-0.39, 0.29) is 6.61 Å². The Morgan fingerprint density at radius 2 is 2.00 bits per heavy atom. The van der Waals surface area contributed by atoms with Crippen molar-refractivity contribution in [3.63, 3.8) is 0 Å². The molecule has 1 aliphatic heterocycles. The Morgan fingerprint density at radius 3 is 2.71 bits per heavy atom. The van der Waals surface area contributed by atoms with Crippen molar-refractivity contribution < 1.29 is 19.0 Å². The predicted octanol–water partition coefficient (Wildman–Crippen LogP) is 4.08. The van der Waals surface area contributed by atoms with Crippen LogP contribution in [0.15, 0.2) is 34.7 Å². The summed E-state index contributed by atoms with van der Waals surface area (Å²) in [6.07, 6.45) is 3.58. The lowest BCUT2D eigenvalue weighted by Gasteiger charge is -2.17. The number of pyridine rings is 1. The molecule has 4 rings (SSSR count). The van der Waals surface area contributed by atoms with E-state index in [9.17, 15) is 5.11 Å². The van der Waals surface area contributed by atoms with Gasteiger partial charge in [-0.15, -0.1) is 0 Å². The maximum atomic E-state index is 9.29. The maximum absolute atomic E-state index is 9.29. The molecule has 0 radical (unpaired) electrons. The number of nitrogens with zero attached hydrogens (tertiary/aromatic N) is 2. The second-order valence-electron chi connectivity index (χ2n) is 7.89. The lowest BCUT2D eigenvalue weighted by Crippen LogP contribution is -2.21. The summed E-state index contributed by atoms with van der Waals surface area (Å²) in [4.78, 5) is 7.30. The second kappa shape index (κ2) is 10.0. The van der Waals surface area contributed by atoms with E-state index < -0.39 is 0 Å². The molecule has 3 aromatic rings. The van der Waals surface area contributed by atoms with Crippen molar-refractivity contribution in [2.24, 2.45) is 0 Å². The van der Waals surface area contributed by atoms with Gasteiger partial charge in [0, 0.05) is 30.2 Å². The van der Waals surface area contributed by atoms with Gasteiger partial charge >= 0.3 is 0 Å². The van der Waals surface area contributed by atoms with Crippen LogP contribution in [-0.4, -0.2) is 61.5 Å². The zero-order chi connectivity index (χ0) is 21.6. The Kier molecular flexibility index (Phi) is 6.94. The van der Waals surface area contributed by atoms with E-state index >= 15 is 0 Å². The molecule has 0 atom stereocenters. The average Bonchev–Trinajstić information content (AvgIpc) is 3.46. The molecule has 7 nitrogen and oxygen atoms in total.